The van der Waals surface area contributed by atoms with Crippen molar-refractivity contribution in [2.45, 2.75) is 20.4 Å². The van der Waals surface area contributed by atoms with Crippen LogP contribution in [0.15, 0.2) is 0 Å². The Labute approximate surface area is 69.2 Å². The Hall–Kier alpha value is -1.59. The van der Waals surface area contributed by atoms with Gasteiger partial charge in [0.15, 0.2) is 0 Å². The van der Waals surface area contributed by atoms with E-state index in [9.17, 15) is 10.1 Å². The fourth-order valence-electron chi connectivity index (χ4n) is 1.10. The summed E-state index contributed by atoms with van der Waals surface area (Å²) in [5.41, 5.74) is 5.47. The van der Waals surface area contributed by atoms with Crippen LogP contribution < -0.4 is 5.73 Å². The average molecular weight is 170 g/mol. The lowest BCUT2D eigenvalue weighted by Gasteiger charge is -1.97. The van der Waals surface area contributed by atoms with Crippen molar-refractivity contribution < 1.29 is 4.92 Å². The first-order valence-corrected chi connectivity index (χ1v) is 3.55. The molecule has 0 aliphatic heterocycles. The highest BCUT2D eigenvalue weighted by molar-refractivity contribution is 5.49. The molecule has 0 unspecified atom stereocenters. The van der Waals surface area contributed by atoms with Gasteiger partial charge in [0.05, 0.1) is 0 Å². The van der Waals surface area contributed by atoms with E-state index in [0.29, 0.717) is 12.4 Å². The maximum atomic E-state index is 10.4. The first-order chi connectivity index (χ1) is 5.57. The van der Waals surface area contributed by atoms with E-state index in [1.165, 1.54) is 0 Å². The van der Waals surface area contributed by atoms with Crippen LogP contribution in [-0.2, 0) is 6.54 Å². The van der Waals surface area contributed by atoms with E-state index >= 15 is 0 Å². The summed E-state index contributed by atoms with van der Waals surface area (Å²) in [7, 11) is 0. The molecule has 0 fully saturated rings. The van der Waals surface area contributed by atoms with Crippen molar-refractivity contribution in [3.8, 4) is 0 Å². The van der Waals surface area contributed by atoms with Gasteiger partial charge in [-0.3, -0.25) is 4.57 Å². The summed E-state index contributed by atoms with van der Waals surface area (Å²) < 4.78 is 1.60. The monoisotopic (exact) mass is 170 g/mol. The lowest BCUT2D eigenvalue weighted by molar-refractivity contribution is -0.388. The number of rotatable bonds is 2. The molecule has 0 atom stereocenters. The molecule has 0 aliphatic rings. The molecule has 2 N–H and O–H groups in total. The Kier molecular flexibility index (Phi) is 1.99. The van der Waals surface area contributed by atoms with Gasteiger partial charge >= 0.3 is 5.82 Å². The first-order valence-electron chi connectivity index (χ1n) is 3.55. The molecule has 0 amide bonds. The third kappa shape index (κ3) is 1.11. The quantitative estimate of drug-likeness (QED) is 0.522. The van der Waals surface area contributed by atoms with E-state index in [0.717, 1.165) is 0 Å². The van der Waals surface area contributed by atoms with Crippen LogP contribution in [0, 0.1) is 17.0 Å². The molecular weight excluding hydrogens is 160 g/mol. The second-order valence-corrected chi connectivity index (χ2v) is 2.37. The Morgan fingerprint density at radius 3 is 2.58 bits per heavy atom. The highest BCUT2D eigenvalue weighted by Crippen LogP contribution is 2.20. The number of nitrogens with zero attached hydrogens (tertiary/aromatic N) is 3. The highest BCUT2D eigenvalue weighted by Gasteiger charge is 2.21. The second-order valence-electron chi connectivity index (χ2n) is 2.37. The lowest BCUT2D eigenvalue weighted by Crippen LogP contribution is -2.03. The number of imidazole rings is 1. The molecule has 1 aromatic heterocycles. The van der Waals surface area contributed by atoms with E-state index < -0.39 is 4.92 Å². The number of hydrogen-bond acceptors (Lipinski definition) is 4. The molecule has 6 nitrogen and oxygen atoms in total. The number of anilines is 1. The summed E-state index contributed by atoms with van der Waals surface area (Å²) >= 11 is 0. The van der Waals surface area contributed by atoms with Crippen molar-refractivity contribution >= 4 is 11.6 Å². The van der Waals surface area contributed by atoms with Crippen molar-refractivity contribution in [2.75, 3.05) is 5.73 Å². The van der Waals surface area contributed by atoms with Gasteiger partial charge in [-0.1, -0.05) is 0 Å². The van der Waals surface area contributed by atoms with E-state index in [1.54, 1.807) is 11.5 Å². The zero-order valence-corrected chi connectivity index (χ0v) is 6.94. The molecule has 1 aromatic rings. The molecule has 66 valence electrons. The van der Waals surface area contributed by atoms with Gasteiger partial charge in [-0.15, -0.1) is 0 Å². The van der Waals surface area contributed by atoms with Crippen LogP contribution in [0.1, 0.15) is 12.7 Å². The third-order valence-corrected chi connectivity index (χ3v) is 1.67. The Morgan fingerprint density at radius 1 is 1.75 bits per heavy atom. The smallest absolute Gasteiger partial charge is 0.378 e. The van der Waals surface area contributed by atoms with Crippen LogP contribution in [0.4, 0.5) is 11.6 Å². The SMILES string of the molecule is CCn1c(C)nc([N+](=O)[O-])c1N. The number of aromatic nitrogens is 2. The first kappa shape index (κ1) is 8.51. The zero-order valence-electron chi connectivity index (χ0n) is 6.94. The maximum absolute atomic E-state index is 10.4. The van der Waals surface area contributed by atoms with Crippen molar-refractivity contribution in [2.24, 2.45) is 0 Å². The minimum absolute atomic E-state index is 0.125. The molecule has 0 spiro atoms. The summed E-state index contributed by atoms with van der Waals surface area (Å²) in [6, 6.07) is 0. The Balaban J connectivity index is 3.26. The largest absolute Gasteiger partial charge is 0.406 e. The fraction of sp³-hybridized carbons (Fsp3) is 0.500. The molecule has 1 rings (SSSR count). The van der Waals surface area contributed by atoms with Gasteiger partial charge < -0.3 is 15.8 Å². The third-order valence-electron chi connectivity index (χ3n) is 1.67. The molecule has 12 heavy (non-hydrogen) atoms. The normalized spacial score (nSPS) is 10.2. The van der Waals surface area contributed by atoms with Crippen LogP contribution in [0.2, 0.25) is 0 Å². The number of aryl methyl sites for hydroxylation is 1. The maximum Gasteiger partial charge on any atom is 0.406 e. The molecule has 0 saturated carbocycles. The Morgan fingerprint density at radius 2 is 2.33 bits per heavy atom. The standard InChI is InChI=1S/C6H10N4O2/c1-3-9-4(2)8-6(5(9)7)10(11)12/h3,7H2,1-2H3. The average Bonchev–Trinajstić information content (AvgIpc) is 2.27. The van der Waals surface area contributed by atoms with E-state index in [4.69, 9.17) is 5.73 Å². The topological polar surface area (TPSA) is 87.0 Å². The fourth-order valence-corrected chi connectivity index (χ4v) is 1.10. The van der Waals surface area contributed by atoms with Gasteiger partial charge in [0, 0.05) is 13.5 Å². The molecule has 0 saturated heterocycles. The molecule has 0 radical (unpaired) electrons. The number of nitro groups is 1. The molecule has 0 aromatic carbocycles. The van der Waals surface area contributed by atoms with Crippen LogP contribution in [-0.4, -0.2) is 14.5 Å². The summed E-state index contributed by atoms with van der Waals surface area (Å²) in [6.45, 7) is 4.14. The highest BCUT2D eigenvalue weighted by atomic mass is 16.6. The van der Waals surface area contributed by atoms with Crippen LogP contribution >= 0.6 is 0 Å². The second kappa shape index (κ2) is 2.80. The summed E-state index contributed by atoms with van der Waals surface area (Å²) in [4.78, 5) is 13.5. The van der Waals surface area contributed by atoms with Gasteiger partial charge in [-0.25, -0.2) is 0 Å². The summed E-state index contributed by atoms with van der Waals surface area (Å²) in [6.07, 6.45) is 0. The molecule has 0 aliphatic carbocycles. The summed E-state index contributed by atoms with van der Waals surface area (Å²) in [5.74, 6) is 0.441. The van der Waals surface area contributed by atoms with Gasteiger partial charge in [0.1, 0.15) is 0 Å². The van der Waals surface area contributed by atoms with E-state index in [1.807, 2.05) is 6.92 Å². The predicted octanol–water partition coefficient (Wildman–Crippen LogP) is 0.702. The van der Waals surface area contributed by atoms with Crippen LogP contribution in [0.25, 0.3) is 0 Å². The molecular formula is C6H10N4O2. The lowest BCUT2D eigenvalue weighted by atomic mass is 10.6. The van der Waals surface area contributed by atoms with E-state index in [-0.39, 0.29) is 11.6 Å². The van der Waals surface area contributed by atoms with Crippen molar-refractivity contribution in [3.63, 3.8) is 0 Å². The van der Waals surface area contributed by atoms with Gasteiger partial charge in [-0.05, 0) is 16.8 Å². The number of nitrogens with two attached hydrogens (primary N) is 1. The minimum atomic E-state index is -0.575. The number of hydrogen-bond donors (Lipinski definition) is 1. The van der Waals surface area contributed by atoms with Crippen molar-refractivity contribution in [1.82, 2.24) is 9.55 Å². The van der Waals surface area contributed by atoms with Gasteiger partial charge in [-0.2, -0.15) is 0 Å². The summed E-state index contributed by atoms with van der Waals surface area (Å²) in [5, 5.41) is 10.4. The number of nitrogen functional groups attached to an aromatic ring is 1. The van der Waals surface area contributed by atoms with Crippen molar-refractivity contribution in [3.05, 3.63) is 15.9 Å². The minimum Gasteiger partial charge on any atom is -0.378 e. The van der Waals surface area contributed by atoms with Crippen LogP contribution in [0.3, 0.4) is 0 Å². The predicted molar refractivity (Wildman–Crippen MR) is 43.7 cm³/mol. The Bertz CT molecular complexity index is 318. The van der Waals surface area contributed by atoms with E-state index in [2.05, 4.69) is 4.98 Å². The van der Waals surface area contributed by atoms with Gasteiger partial charge in [0.25, 0.3) is 0 Å². The van der Waals surface area contributed by atoms with Crippen molar-refractivity contribution in [1.29, 1.82) is 0 Å². The zero-order chi connectivity index (χ0) is 9.30. The van der Waals surface area contributed by atoms with Crippen LogP contribution in [0.5, 0.6) is 0 Å². The molecule has 0 bridgehead atoms. The van der Waals surface area contributed by atoms with Gasteiger partial charge in [0.2, 0.25) is 11.6 Å². The molecule has 1 heterocycles. The molecule has 6 heteroatoms.